The van der Waals surface area contributed by atoms with Crippen molar-refractivity contribution in [2.75, 3.05) is 6.61 Å². The third kappa shape index (κ3) is 9.75. The van der Waals surface area contributed by atoms with Gasteiger partial charge in [-0.2, -0.15) is 0 Å². The molecule has 146 valence electrons. The van der Waals surface area contributed by atoms with Crippen LogP contribution in [0.1, 0.15) is 96.8 Å². The number of esters is 1. The largest absolute Gasteiger partial charge is 0.457 e. The van der Waals surface area contributed by atoms with Gasteiger partial charge >= 0.3 is 5.97 Å². The highest BCUT2D eigenvalue weighted by Gasteiger charge is 2.40. The fraction of sp³-hybridized carbons (Fsp3) is 0.773. The van der Waals surface area contributed by atoms with E-state index in [2.05, 4.69) is 23.5 Å². The fourth-order valence-electron chi connectivity index (χ4n) is 3.11. The molecule has 1 saturated heterocycles. The molecule has 0 amide bonds. The summed E-state index contributed by atoms with van der Waals surface area (Å²) in [7, 11) is 0. The summed E-state index contributed by atoms with van der Waals surface area (Å²) >= 11 is 0. The summed E-state index contributed by atoms with van der Waals surface area (Å²) in [6, 6.07) is 0. The third-order valence-electron chi connectivity index (χ3n) is 4.74. The normalized spacial score (nSPS) is 16.3. The molecule has 1 aliphatic heterocycles. The number of cyclic esters (lactones) is 1. The van der Waals surface area contributed by atoms with Crippen LogP contribution >= 0.6 is 0 Å². The molecule has 0 radical (unpaired) electrons. The number of unbranched alkanes of at least 4 members (excludes halogenated alkanes) is 11. The number of hydrogen-bond donors (Lipinski definition) is 0. The van der Waals surface area contributed by atoms with Crippen LogP contribution < -0.4 is 0 Å². The minimum atomic E-state index is -1.14. The predicted octanol–water partition coefficient (Wildman–Crippen LogP) is 4.78. The van der Waals surface area contributed by atoms with E-state index >= 15 is 0 Å². The maximum atomic E-state index is 11.9. The average molecular weight is 363 g/mol. The second-order valence-corrected chi connectivity index (χ2v) is 7.11. The van der Waals surface area contributed by atoms with Crippen LogP contribution in [0.25, 0.3) is 0 Å². The van der Waals surface area contributed by atoms with E-state index in [1.54, 1.807) is 0 Å². The summed E-state index contributed by atoms with van der Waals surface area (Å²) in [5, 5.41) is 0. The summed E-state index contributed by atoms with van der Waals surface area (Å²) < 4.78 is 4.61. The molecular formula is C22H34O4. The molecule has 1 atom stereocenters. The summed E-state index contributed by atoms with van der Waals surface area (Å²) in [5.41, 5.74) is 0. The second-order valence-electron chi connectivity index (χ2n) is 7.11. The molecule has 4 heteroatoms. The van der Waals surface area contributed by atoms with Crippen molar-refractivity contribution in [2.24, 2.45) is 5.92 Å². The minimum Gasteiger partial charge on any atom is -0.457 e. The lowest BCUT2D eigenvalue weighted by atomic mass is 9.96. The number of ether oxygens (including phenoxy) is 1. The van der Waals surface area contributed by atoms with Crippen LogP contribution in [0.5, 0.6) is 0 Å². The number of ketones is 2. The van der Waals surface area contributed by atoms with Gasteiger partial charge in [0.25, 0.3) is 0 Å². The van der Waals surface area contributed by atoms with Crippen LogP contribution in [0.2, 0.25) is 0 Å². The van der Waals surface area contributed by atoms with Crippen molar-refractivity contribution in [2.45, 2.75) is 96.8 Å². The highest BCUT2D eigenvalue weighted by atomic mass is 16.5. The van der Waals surface area contributed by atoms with Crippen molar-refractivity contribution in [3.63, 3.8) is 0 Å². The Labute approximate surface area is 158 Å². The van der Waals surface area contributed by atoms with Gasteiger partial charge in [0.05, 0.1) is 0 Å². The van der Waals surface area contributed by atoms with E-state index in [1.165, 1.54) is 38.5 Å². The van der Waals surface area contributed by atoms with Gasteiger partial charge in [0.1, 0.15) is 0 Å². The van der Waals surface area contributed by atoms with E-state index in [9.17, 15) is 14.4 Å². The lowest BCUT2D eigenvalue weighted by Crippen LogP contribution is -2.25. The first-order valence-corrected chi connectivity index (χ1v) is 10.3. The molecule has 26 heavy (non-hydrogen) atoms. The van der Waals surface area contributed by atoms with Crippen LogP contribution in [0.3, 0.4) is 0 Å². The van der Waals surface area contributed by atoms with Gasteiger partial charge in [0.2, 0.25) is 0 Å². The molecule has 4 nitrogen and oxygen atoms in total. The van der Waals surface area contributed by atoms with Gasteiger partial charge in [-0.1, -0.05) is 58.3 Å². The fourth-order valence-corrected chi connectivity index (χ4v) is 3.11. The van der Waals surface area contributed by atoms with Gasteiger partial charge in [-0.05, 0) is 19.3 Å². The molecule has 0 saturated carbocycles. The van der Waals surface area contributed by atoms with Gasteiger partial charge in [-0.15, -0.1) is 11.8 Å². The first kappa shape index (κ1) is 22.4. The van der Waals surface area contributed by atoms with Crippen LogP contribution in [0, 0.1) is 17.8 Å². The van der Waals surface area contributed by atoms with Crippen molar-refractivity contribution in [3.05, 3.63) is 0 Å². The zero-order valence-electron chi connectivity index (χ0n) is 16.3. The lowest BCUT2D eigenvalue weighted by molar-refractivity contribution is -0.144. The average Bonchev–Trinajstić information content (AvgIpc) is 2.96. The molecule has 0 N–H and O–H groups in total. The highest BCUT2D eigenvalue weighted by Crippen LogP contribution is 2.16. The number of rotatable bonds is 14. The van der Waals surface area contributed by atoms with Crippen LogP contribution in [-0.2, 0) is 19.1 Å². The summed E-state index contributed by atoms with van der Waals surface area (Å²) in [4.78, 5) is 34.6. The maximum Gasteiger partial charge on any atom is 0.324 e. The van der Waals surface area contributed by atoms with E-state index in [-0.39, 0.29) is 18.2 Å². The van der Waals surface area contributed by atoms with Crippen molar-refractivity contribution in [3.8, 4) is 11.8 Å². The van der Waals surface area contributed by atoms with E-state index < -0.39 is 11.9 Å². The van der Waals surface area contributed by atoms with Crippen LogP contribution in [-0.4, -0.2) is 24.1 Å². The molecule has 1 fully saturated rings. The zero-order chi connectivity index (χ0) is 19.0. The monoisotopic (exact) mass is 362 g/mol. The SMILES string of the molecule is CCCCCCCCC#CCCCCCCCC(=O)C1C(=O)COC1=O. The zero-order valence-corrected chi connectivity index (χ0v) is 16.3. The van der Waals surface area contributed by atoms with Gasteiger partial charge in [-0.3, -0.25) is 14.4 Å². The molecule has 0 aliphatic carbocycles. The van der Waals surface area contributed by atoms with Crippen molar-refractivity contribution >= 4 is 17.5 Å². The lowest BCUT2D eigenvalue weighted by Gasteiger charge is -2.03. The molecular weight excluding hydrogens is 328 g/mol. The Balaban J connectivity index is 1.89. The number of hydrogen-bond acceptors (Lipinski definition) is 4. The van der Waals surface area contributed by atoms with E-state index in [1.807, 2.05) is 0 Å². The first-order chi connectivity index (χ1) is 12.7. The van der Waals surface area contributed by atoms with Gasteiger partial charge < -0.3 is 4.74 Å². The highest BCUT2D eigenvalue weighted by molar-refractivity contribution is 6.20. The van der Waals surface area contributed by atoms with E-state index in [0.29, 0.717) is 6.42 Å². The number of carbonyl (C=O) groups excluding carboxylic acids is 3. The quantitative estimate of drug-likeness (QED) is 0.193. The first-order valence-electron chi connectivity index (χ1n) is 10.3. The Hall–Kier alpha value is -1.63. The molecule has 1 aliphatic rings. The molecule has 1 unspecified atom stereocenters. The molecule has 0 aromatic carbocycles. The Morgan fingerprint density at radius 1 is 0.885 bits per heavy atom. The topological polar surface area (TPSA) is 60.4 Å². The predicted molar refractivity (Wildman–Crippen MR) is 103 cm³/mol. The van der Waals surface area contributed by atoms with Gasteiger partial charge in [0.15, 0.2) is 24.1 Å². The molecule has 0 bridgehead atoms. The third-order valence-corrected chi connectivity index (χ3v) is 4.74. The van der Waals surface area contributed by atoms with Gasteiger partial charge in [0, 0.05) is 19.3 Å². The Kier molecular flexibility index (Phi) is 12.5. The van der Waals surface area contributed by atoms with E-state index in [0.717, 1.165) is 44.9 Å². The molecule has 1 heterocycles. The summed E-state index contributed by atoms with van der Waals surface area (Å²) in [5.74, 6) is 4.04. The van der Waals surface area contributed by atoms with Crippen molar-refractivity contribution in [1.82, 2.24) is 0 Å². The van der Waals surface area contributed by atoms with Crippen LogP contribution in [0.4, 0.5) is 0 Å². The second kappa shape index (κ2) is 14.5. The standard InChI is InChI=1S/C22H34O4/c1-2-3-4-5-6-7-8-9-10-11-12-13-14-15-16-17-19(23)21-20(24)18-26-22(21)25/h21H,2-8,11-18H2,1H3. The van der Waals surface area contributed by atoms with Gasteiger partial charge in [-0.25, -0.2) is 0 Å². The van der Waals surface area contributed by atoms with Crippen molar-refractivity contribution < 1.29 is 19.1 Å². The summed E-state index contributed by atoms with van der Waals surface area (Å²) in [6.45, 7) is 2.00. The van der Waals surface area contributed by atoms with Crippen LogP contribution in [0.15, 0.2) is 0 Å². The number of carbonyl (C=O) groups is 3. The Morgan fingerprint density at radius 3 is 1.96 bits per heavy atom. The number of Topliss-reactive ketones (excluding diaryl/α,β-unsaturated/α-hetero) is 2. The Bertz CT molecular complexity index is 482. The molecule has 1 rings (SSSR count). The maximum absolute atomic E-state index is 11.9. The Morgan fingerprint density at radius 2 is 1.42 bits per heavy atom. The smallest absolute Gasteiger partial charge is 0.324 e. The summed E-state index contributed by atoms with van der Waals surface area (Å²) in [6.07, 6.45) is 15.1. The molecule has 0 aromatic rings. The minimum absolute atomic E-state index is 0.241. The van der Waals surface area contributed by atoms with E-state index in [4.69, 9.17) is 0 Å². The molecule has 0 spiro atoms. The van der Waals surface area contributed by atoms with Crippen molar-refractivity contribution in [1.29, 1.82) is 0 Å². The molecule has 0 aromatic heterocycles.